The van der Waals surface area contributed by atoms with Gasteiger partial charge in [0.1, 0.15) is 6.04 Å². The van der Waals surface area contributed by atoms with Crippen LogP contribution >= 0.6 is 0 Å². The van der Waals surface area contributed by atoms with E-state index in [0.29, 0.717) is 0 Å². The minimum absolute atomic E-state index is 0.132. The molecule has 3 rings (SSSR count). The Kier molecular flexibility index (Phi) is 4.82. The van der Waals surface area contributed by atoms with E-state index in [1.807, 2.05) is 42.7 Å². The van der Waals surface area contributed by atoms with E-state index in [2.05, 4.69) is 10.3 Å². The summed E-state index contributed by atoms with van der Waals surface area (Å²) >= 11 is 0. The number of aromatic nitrogens is 2. The number of para-hydroxylation sites is 2. The number of nitrogens with one attached hydrogen (secondary N) is 1. The Morgan fingerprint density at radius 3 is 2.38 bits per heavy atom. The number of hydrogen-bond donors (Lipinski definition) is 1. The minimum Gasteiger partial charge on any atom is -0.348 e. The SMILES string of the molecule is C[C@@H](NC(=O)[C@H](C)n1cnc2ccccc21)c1ccc(S(C)(=O)=O)cc1. The quantitative estimate of drug-likeness (QED) is 0.748. The molecule has 0 saturated heterocycles. The smallest absolute Gasteiger partial charge is 0.243 e. The molecular formula is C19H21N3O3S. The van der Waals surface area contributed by atoms with E-state index in [-0.39, 0.29) is 16.8 Å². The maximum absolute atomic E-state index is 12.6. The highest BCUT2D eigenvalue weighted by Crippen LogP contribution is 2.20. The number of carbonyl (C=O) groups is 1. The highest BCUT2D eigenvalue weighted by molar-refractivity contribution is 7.90. The molecule has 1 aromatic heterocycles. The molecule has 136 valence electrons. The number of sulfone groups is 1. The van der Waals surface area contributed by atoms with Crippen molar-refractivity contribution < 1.29 is 13.2 Å². The molecule has 1 heterocycles. The van der Waals surface area contributed by atoms with Crippen molar-refractivity contribution in [2.75, 3.05) is 6.26 Å². The number of amides is 1. The lowest BCUT2D eigenvalue weighted by Crippen LogP contribution is -2.32. The molecule has 1 amide bonds. The zero-order chi connectivity index (χ0) is 18.9. The Morgan fingerprint density at radius 1 is 1.08 bits per heavy atom. The third kappa shape index (κ3) is 3.62. The van der Waals surface area contributed by atoms with Crippen LogP contribution in [0.3, 0.4) is 0 Å². The summed E-state index contributed by atoms with van der Waals surface area (Å²) in [7, 11) is -3.23. The molecular weight excluding hydrogens is 350 g/mol. The average Bonchev–Trinajstić information content (AvgIpc) is 3.04. The van der Waals surface area contributed by atoms with Crippen molar-refractivity contribution in [3.8, 4) is 0 Å². The molecule has 0 aliphatic rings. The van der Waals surface area contributed by atoms with E-state index in [1.165, 1.54) is 6.26 Å². The minimum atomic E-state index is -3.23. The Balaban J connectivity index is 1.74. The van der Waals surface area contributed by atoms with Crippen molar-refractivity contribution in [2.45, 2.75) is 30.8 Å². The van der Waals surface area contributed by atoms with Crippen molar-refractivity contribution in [1.82, 2.24) is 14.9 Å². The van der Waals surface area contributed by atoms with Gasteiger partial charge in [-0.25, -0.2) is 13.4 Å². The van der Waals surface area contributed by atoms with Gasteiger partial charge in [-0.3, -0.25) is 4.79 Å². The molecule has 7 heteroatoms. The molecule has 2 aromatic carbocycles. The molecule has 0 aliphatic carbocycles. The first-order valence-electron chi connectivity index (χ1n) is 8.29. The highest BCUT2D eigenvalue weighted by atomic mass is 32.2. The fraction of sp³-hybridized carbons (Fsp3) is 0.263. The predicted molar refractivity (Wildman–Crippen MR) is 101 cm³/mol. The van der Waals surface area contributed by atoms with E-state index in [1.54, 1.807) is 30.6 Å². The summed E-state index contributed by atoms with van der Waals surface area (Å²) in [6.45, 7) is 3.69. The van der Waals surface area contributed by atoms with Gasteiger partial charge in [-0.2, -0.15) is 0 Å². The van der Waals surface area contributed by atoms with Crippen molar-refractivity contribution >= 4 is 26.8 Å². The standard InChI is InChI=1S/C19H21N3O3S/c1-13(15-8-10-16(11-9-15)26(3,24)25)21-19(23)14(2)22-12-20-17-6-4-5-7-18(17)22/h4-14H,1-3H3,(H,21,23)/t13-,14+/m1/s1. The van der Waals surface area contributed by atoms with Gasteiger partial charge in [0.15, 0.2) is 9.84 Å². The summed E-state index contributed by atoms with van der Waals surface area (Å²) in [5.41, 5.74) is 2.59. The average molecular weight is 371 g/mol. The molecule has 0 unspecified atom stereocenters. The van der Waals surface area contributed by atoms with E-state index >= 15 is 0 Å². The van der Waals surface area contributed by atoms with Crippen LogP contribution in [0.2, 0.25) is 0 Å². The van der Waals surface area contributed by atoms with Gasteiger partial charge in [-0.05, 0) is 43.7 Å². The van der Waals surface area contributed by atoms with Crippen LogP contribution in [0.4, 0.5) is 0 Å². The molecule has 1 N–H and O–H groups in total. The number of hydrogen-bond acceptors (Lipinski definition) is 4. The van der Waals surface area contributed by atoms with Crippen molar-refractivity contribution in [3.05, 3.63) is 60.4 Å². The normalized spacial score (nSPS) is 14.1. The lowest BCUT2D eigenvalue weighted by Gasteiger charge is -2.19. The van der Waals surface area contributed by atoms with Crippen LogP contribution < -0.4 is 5.32 Å². The predicted octanol–water partition coefficient (Wildman–Crippen LogP) is 2.88. The summed E-state index contributed by atoms with van der Waals surface area (Å²) in [5, 5.41) is 2.97. The van der Waals surface area contributed by atoms with E-state index < -0.39 is 15.9 Å². The molecule has 0 spiro atoms. The van der Waals surface area contributed by atoms with Crippen LogP contribution in [0, 0.1) is 0 Å². The van der Waals surface area contributed by atoms with E-state index in [4.69, 9.17) is 0 Å². The van der Waals surface area contributed by atoms with Gasteiger partial charge in [-0.1, -0.05) is 24.3 Å². The molecule has 0 radical (unpaired) electrons. The number of rotatable bonds is 5. The Morgan fingerprint density at radius 2 is 1.73 bits per heavy atom. The van der Waals surface area contributed by atoms with Gasteiger partial charge in [-0.15, -0.1) is 0 Å². The number of carbonyl (C=O) groups excluding carboxylic acids is 1. The molecule has 3 aromatic rings. The summed E-state index contributed by atoms with van der Waals surface area (Å²) in [5.74, 6) is -0.132. The summed E-state index contributed by atoms with van der Waals surface area (Å²) in [6.07, 6.45) is 2.84. The van der Waals surface area contributed by atoms with Crippen molar-refractivity contribution in [2.24, 2.45) is 0 Å². The van der Waals surface area contributed by atoms with Crippen LogP contribution in [0.5, 0.6) is 0 Å². The Labute approximate surface area is 152 Å². The second-order valence-electron chi connectivity index (χ2n) is 6.39. The van der Waals surface area contributed by atoms with Crippen LogP contribution in [0.1, 0.15) is 31.5 Å². The first-order chi connectivity index (χ1) is 12.3. The van der Waals surface area contributed by atoms with Crippen molar-refractivity contribution in [1.29, 1.82) is 0 Å². The largest absolute Gasteiger partial charge is 0.348 e. The lowest BCUT2D eigenvalue weighted by atomic mass is 10.1. The van der Waals surface area contributed by atoms with Crippen LogP contribution in [0.25, 0.3) is 11.0 Å². The maximum atomic E-state index is 12.6. The fourth-order valence-corrected chi connectivity index (χ4v) is 3.46. The Bertz CT molecular complexity index is 1040. The highest BCUT2D eigenvalue weighted by Gasteiger charge is 2.19. The zero-order valence-electron chi connectivity index (χ0n) is 14.9. The van der Waals surface area contributed by atoms with E-state index in [0.717, 1.165) is 16.6 Å². The van der Waals surface area contributed by atoms with Gasteiger partial charge >= 0.3 is 0 Å². The van der Waals surface area contributed by atoms with Gasteiger partial charge < -0.3 is 9.88 Å². The molecule has 0 aliphatic heterocycles. The molecule has 0 saturated carbocycles. The van der Waals surface area contributed by atoms with Gasteiger partial charge in [0, 0.05) is 6.26 Å². The Hall–Kier alpha value is -2.67. The van der Waals surface area contributed by atoms with Crippen LogP contribution in [-0.4, -0.2) is 30.1 Å². The third-order valence-electron chi connectivity index (χ3n) is 4.44. The number of fused-ring (bicyclic) bond motifs is 1. The lowest BCUT2D eigenvalue weighted by molar-refractivity contribution is -0.124. The van der Waals surface area contributed by atoms with E-state index in [9.17, 15) is 13.2 Å². The molecule has 2 atom stereocenters. The van der Waals surface area contributed by atoms with Gasteiger partial charge in [0.2, 0.25) is 5.91 Å². The maximum Gasteiger partial charge on any atom is 0.243 e. The second kappa shape index (κ2) is 6.92. The number of imidazole rings is 1. The summed E-state index contributed by atoms with van der Waals surface area (Å²) in [4.78, 5) is 17.2. The molecule has 0 fully saturated rings. The van der Waals surface area contributed by atoms with Gasteiger partial charge in [0.05, 0.1) is 28.3 Å². The first-order valence-corrected chi connectivity index (χ1v) is 10.2. The topological polar surface area (TPSA) is 81.1 Å². The molecule has 6 nitrogen and oxygen atoms in total. The third-order valence-corrected chi connectivity index (χ3v) is 5.57. The summed E-state index contributed by atoms with van der Waals surface area (Å²) < 4.78 is 24.9. The second-order valence-corrected chi connectivity index (χ2v) is 8.40. The van der Waals surface area contributed by atoms with Crippen molar-refractivity contribution in [3.63, 3.8) is 0 Å². The fourth-order valence-electron chi connectivity index (χ4n) is 2.83. The van der Waals surface area contributed by atoms with Gasteiger partial charge in [0.25, 0.3) is 0 Å². The van der Waals surface area contributed by atoms with Crippen LogP contribution in [-0.2, 0) is 14.6 Å². The first kappa shape index (κ1) is 18.1. The molecule has 0 bridgehead atoms. The van der Waals surface area contributed by atoms with Crippen LogP contribution in [0.15, 0.2) is 59.8 Å². The summed E-state index contributed by atoms with van der Waals surface area (Å²) in [6, 6.07) is 13.6. The zero-order valence-corrected chi connectivity index (χ0v) is 15.7. The number of benzene rings is 2. The number of nitrogens with zero attached hydrogens (tertiary/aromatic N) is 2. The molecule has 26 heavy (non-hydrogen) atoms. The monoisotopic (exact) mass is 371 g/mol.